The third-order valence-electron chi connectivity index (χ3n) is 5.51. The van der Waals surface area contributed by atoms with E-state index in [1.807, 2.05) is 13.8 Å². The maximum atomic E-state index is 12.9. The zero-order valence-corrected chi connectivity index (χ0v) is 16.0. The third kappa shape index (κ3) is 3.03. The molecule has 0 fully saturated rings. The van der Waals surface area contributed by atoms with Crippen molar-refractivity contribution in [2.75, 3.05) is 0 Å². The van der Waals surface area contributed by atoms with Crippen LogP contribution in [-0.4, -0.2) is 19.1 Å². The van der Waals surface area contributed by atoms with Gasteiger partial charge in [-0.2, -0.15) is 0 Å². The van der Waals surface area contributed by atoms with Gasteiger partial charge >= 0.3 is 5.69 Å². The molecule has 2 aromatic heterocycles. The molecule has 6 heteroatoms. The average molecular weight is 366 g/mol. The molecule has 1 aromatic carbocycles. The predicted molar refractivity (Wildman–Crippen MR) is 106 cm³/mol. The number of rotatable bonds is 5. The van der Waals surface area contributed by atoms with Crippen LogP contribution in [0.25, 0.3) is 11.2 Å². The molecule has 3 aromatic rings. The molecule has 1 N–H and O–H groups in total. The molecule has 0 saturated carbocycles. The molecule has 0 aliphatic heterocycles. The summed E-state index contributed by atoms with van der Waals surface area (Å²) in [4.78, 5) is 33.7. The molecule has 1 aliphatic rings. The van der Waals surface area contributed by atoms with E-state index in [4.69, 9.17) is 0 Å². The molecular weight excluding hydrogens is 340 g/mol. The summed E-state index contributed by atoms with van der Waals surface area (Å²) in [5.41, 5.74) is 3.21. The summed E-state index contributed by atoms with van der Waals surface area (Å²) in [5.74, 6) is 1.08. The van der Waals surface area contributed by atoms with Gasteiger partial charge < -0.3 is 4.98 Å². The molecule has 142 valence electrons. The lowest BCUT2D eigenvalue weighted by atomic mass is 9.83. The van der Waals surface area contributed by atoms with E-state index in [1.165, 1.54) is 15.7 Å². The van der Waals surface area contributed by atoms with Crippen molar-refractivity contribution in [2.45, 2.75) is 65.0 Å². The molecule has 2 heterocycles. The minimum absolute atomic E-state index is 0.236. The first kappa shape index (κ1) is 17.8. The number of aromatic amines is 1. The van der Waals surface area contributed by atoms with Crippen LogP contribution in [0.2, 0.25) is 0 Å². The van der Waals surface area contributed by atoms with Crippen molar-refractivity contribution in [1.29, 1.82) is 0 Å². The number of nitrogens with zero attached hydrogens (tertiary/aromatic N) is 3. The van der Waals surface area contributed by atoms with Gasteiger partial charge in [-0.25, -0.2) is 9.78 Å². The van der Waals surface area contributed by atoms with Gasteiger partial charge in [0.15, 0.2) is 5.52 Å². The largest absolute Gasteiger partial charge is 0.332 e. The highest BCUT2D eigenvalue weighted by atomic mass is 16.2. The number of nitrogens with one attached hydrogen (secondary N) is 1. The molecule has 4 rings (SSSR count). The van der Waals surface area contributed by atoms with Crippen LogP contribution in [0.15, 0.2) is 33.9 Å². The van der Waals surface area contributed by atoms with Gasteiger partial charge in [0.25, 0.3) is 5.56 Å². The summed E-state index contributed by atoms with van der Waals surface area (Å²) >= 11 is 0. The zero-order chi connectivity index (χ0) is 19.0. The Bertz CT molecular complexity index is 1090. The maximum Gasteiger partial charge on any atom is 0.332 e. The monoisotopic (exact) mass is 366 g/mol. The van der Waals surface area contributed by atoms with Crippen LogP contribution in [0.3, 0.4) is 0 Å². The normalized spacial score (nSPS) is 16.6. The number of fused-ring (bicyclic) bond motifs is 2. The van der Waals surface area contributed by atoms with E-state index in [9.17, 15) is 9.59 Å². The lowest BCUT2D eigenvalue weighted by Crippen LogP contribution is -2.40. The van der Waals surface area contributed by atoms with Crippen molar-refractivity contribution in [2.24, 2.45) is 0 Å². The summed E-state index contributed by atoms with van der Waals surface area (Å²) < 4.78 is 3.01. The number of imidazole rings is 1. The molecule has 1 atom stereocenters. The number of hydrogen-bond acceptors (Lipinski definition) is 3. The first-order valence-electron chi connectivity index (χ1n) is 9.94. The van der Waals surface area contributed by atoms with Crippen LogP contribution in [0, 0.1) is 0 Å². The predicted octanol–water partition coefficient (Wildman–Crippen LogP) is 2.98. The highest BCUT2D eigenvalue weighted by Gasteiger charge is 2.24. The minimum atomic E-state index is -0.275. The standard InChI is InChI=1S/C21H26N4O2/c1-3-11-24-19-17(20(26)25(12-4-2)21(24)27)22-18(23-19)16-10-9-14-7-5-6-8-15(14)13-16/h5-8,16H,3-4,9-13H2,1-2H3,(H,22,23). The fraction of sp³-hybridized carbons (Fsp3) is 0.476. The van der Waals surface area contributed by atoms with Gasteiger partial charge in [0.2, 0.25) is 0 Å². The second-order valence-electron chi connectivity index (χ2n) is 7.42. The Labute approximate surface area is 157 Å². The van der Waals surface area contributed by atoms with Gasteiger partial charge in [-0.3, -0.25) is 13.9 Å². The van der Waals surface area contributed by atoms with Crippen molar-refractivity contribution >= 4 is 11.2 Å². The van der Waals surface area contributed by atoms with Crippen LogP contribution < -0.4 is 11.2 Å². The Morgan fingerprint density at radius 1 is 1.07 bits per heavy atom. The van der Waals surface area contributed by atoms with Crippen LogP contribution in [0.5, 0.6) is 0 Å². The Morgan fingerprint density at radius 3 is 2.52 bits per heavy atom. The van der Waals surface area contributed by atoms with Crippen molar-refractivity contribution in [3.8, 4) is 0 Å². The van der Waals surface area contributed by atoms with E-state index in [2.05, 4.69) is 34.2 Å². The molecule has 0 saturated heterocycles. The zero-order valence-electron chi connectivity index (χ0n) is 16.0. The lowest BCUT2D eigenvalue weighted by molar-refractivity contribution is 0.553. The van der Waals surface area contributed by atoms with Crippen LogP contribution >= 0.6 is 0 Å². The summed E-state index contributed by atoms with van der Waals surface area (Å²) in [7, 11) is 0. The molecular formula is C21H26N4O2. The second-order valence-corrected chi connectivity index (χ2v) is 7.42. The van der Waals surface area contributed by atoms with Gasteiger partial charge in [0, 0.05) is 19.0 Å². The van der Waals surface area contributed by atoms with Gasteiger partial charge in [-0.15, -0.1) is 0 Å². The molecule has 0 radical (unpaired) electrons. The highest BCUT2D eigenvalue weighted by Crippen LogP contribution is 2.31. The molecule has 27 heavy (non-hydrogen) atoms. The highest BCUT2D eigenvalue weighted by molar-refractivity contribution is 5.70. The van der Waals surface area contributed by atoms with E-state index in [0.717, 1.165) is 37.9 Å². The Balaban J connectivity index is 1.82. The number of benzene rings is 1. The molecule has 0 spiro atoms. The van der Waals surface area contributed by atoms with Gasteiger partial charge in [-0.1, -0.05) is 38.1 Å². The Hall–Kier alpha value is -2.63. The third-order valence-corrected chi connectivity index (χ3v) is 5.51. The summed E-state index contributed by atoms with van der Waals surface area (Å²) in [6.45, 7) is 5.00. The van der Waals surface area contributed by atoms with Crippen LogP contribution in [0.1, 0.15) is 56.0 Å². The molecule has 0 bridgehead atoms. The molecule has 6 nitrogen and oxygen atoms in total. The summed E-state index contributed by atoms with van der Waals surface area (Å²) in [5, 5.41) is 0. The molecule has 1 aliphatic carbocycles. The van der Waals surface area contributed by atoms with E-state index in [-0.39, 0.29) is 17.2 Å². The summed E-state index contributed by atoms with van der Waals surface area (Å²) in [6.07, 6.45) is 4.49. The second kappa shape index (κ2) is 7.18. The smallest absolute Gasteiger partial charge is 0.328 e. The lowest BCUT2D eigenvalue weighted by Gasteiger charge is -2.22. The average Bonchev–Trinajstić information content (AvgIpc) is 3.13. The Kier molecular flexibility index (Phi) is 4.72. The topological polar surface area (TPSA) is 72.7 Å². The SMILES string of the molecule is CCCn1c(=O)c2nc(C3CCc4ccccc4C3)[nH]c2n(CCC)c1=O. The van der Waals surface area contributed by atoms with Gasteiger partial charge in [-0.05, 0) is 43.2 Å². The van der Waals surface area contributed by atoms with Crippen molar-refractivity contribution < 1.29 is 0 Å². The van der Waals surface area contributed by atoms with Crippen LogP contribution in [0.4, 0.5) is 0 Å². The van der Waals surface area contributed by atoms with E-state index in [1.54, 1.807) is 4.57 Å². The Morgan fingerprint density at radius 2 is 1.78 bits per heavy atom. The minimum Gasteiger partial charge on any atom is -0.328 e. The quantitative estimate of drug-likeness (QED) is 0.754. The maximum absolute atomic E-state index is 12.9. The van der Waals surface area contributed by atoms with E-state index < -0.39 is 0 Å². The number of aryl methyl sites for hydroxylation is 2. The van der Waals surface area contributed by atoms with E-state index >= 15 is 0 Å². The summed E-state index contributed by atoms with van der Waals surface area (Å²) in [6, 6.07) is 8.51. The molecule has 1 unspecified atom stereocenters. The fourth-order valence-electron chi connectivity index (χ4n) is 4.16. The van der Waals surface area contributed by atoms with Crippen molar-refractivity contribution in [1.82, 2.24) is 19.1 Å². The van der Waals surface area contributed by atoms with Gasteiger partial charge in [0.05, 0.1) is 0 Å². The first-order chi connectivity index (χ1) is 13.1. The molecule has 0 amide bonds. The van der Waals surface area contributed by atoms with E-state index in [0.29, 0.717) is 24.3 Å². The van der Waals surface area contributed by atoms with Crippen molar-refractivity contribution in [3.63, 3.8) is 0 Å². The number of aromatic nitrogens is 4. The number of H-pyrrole nitrogens is 1. The van der Waals surface area contributed by atoms with Crippen molar-refractivity contribution in [3.05, 3.63) is 62.1 Å². The fourth-order valence-corrected chi connectivity index (χ4v) is 4.16. The van der Waals surface area contributed by atoms with Gasteiger partial charge in [0.1, 0.15) is 11.5 Å². The first-order valence-corrected chi connectivity index (χ1v) is 9.94. The van der Waals surface area contributed by atoms with Crippen LogP contribution in [-0.2, 0) is 25.9 Å². The number of hydrogen-bond donors (Lipinski definition) is 1.